The highest BCUT2D eigenvalue weighted by atomic mass is 32.2. The summed E-state index contributed by atoms with van der Waals surface area (Å²) in [6.45, 7) is 7.93. The van der Waals surface area contributed by atoms with Crippen LogP contribution < -0.4 is 14.4 Å². The summed E-state index contributed by atoms with van der Waals surface area (Å²) < 4.78 is 32.5. The molecule has 1 aliphatic rings. The summed E-state index contributed by atoms with van der Waals surface area (Å²) in [7, 11) is -3.43. The predicted molar refractivity (Wildman–Crippen MR) is 79.9 cm³/mol. The monoisotopic (exact) mass is 298 g/mol. The Kier molecular flexibility index (Phi) is 4.55. The molecule has 112 valence electrons. The summed E-state index contributed by atoms with van der Waals surface area (Å²) in [5, 5.41) is 0. The second kappa shape index (κ2) is 6.01. The van der Waals surface area contributed by atoms with Crippen LogP contribution in [-0.4, -0.2) is 34.2 Å². The van der Waals surface area contributed by atoms with Crippen LogP contribution in [0.2, 0.25) is 0 Å². The van der Waals surface area contributed by atoms with E-state index < -0.39 is 10.0 Å². The number of nitrogens with one attached hydrogen (secondary N) is 1. The summed E-state index contributed by atoms with van der Waals surface area (Å²) >= 11 is 0. The number of rotatable bonds is 5. The molecule has 1 atom stereocenters. The molecule has 1 aliphatic heterocycles. The minimum absolute atomic E-state index is 0.165. The van der Waals surface area contributed by atoms with Gasteiger partial charge in [-0.2, -0.15) is 0 Å². The molecule has 1 aromatic rings. The van der Waals surface area contributed by atoms with Crippen LogP contribution in [0, 0.1) is 0 Å². The van der Waals surface area contributed by atoms with Gasteiger partial charge in [0.05, 0.1) is 17.1 Å². The Labute approximate surface area is 121 Å². The molecule has 0 aliphatic carbocycles. The van der Waals surface area contributed by atoms with E-state index in [9.17, 15) is 8.42 Å². The van der Waals surface area contributed by atoms with Crippen molar-refractivity contribution in [1.82, 2.24) is 4.72 Å². The van der Waals surface area contributed by atoms with E-state index in [0.29, 0.717) is 6.54 Å². The van der Waals surface area contributed by atoms with Crippen LogP contribution in [-0.2, 0) is 10.0 Å². The Balaban J connectivity index is 2.40. The lowest BCUT2D eigenvalue weighted by atomic mass is 10.1. The summed E-state index contributed by atoms with van der Waals surface area (Å²) in [6.07, 6.45) is 1.10. The van der Waals surface area contributed by atoms with Gasteiger partial charge in [0.2, 0.25) is 10.0 Å². The second-order valence-corrected chi connectivity index (χ2v) is 6.58. The summed E-state index contributed by atoms with van der Waals surface area (Å²) in [5.74, 6) is 0.764. The van der Waals surface area contributed by atoms with Crippen molar-refractivity contribution >= 4 is 15.7 Å². The third-order valence-corrected chi connectivity index (χ3v) is 5.01. The van der Waals surface area contributed by atoms with Crippen molar-refractivity contribution in [2.24, 2.45) is 0 Å². The number of anilines is 1. The first-order valence-electron chi connectivity index (χ1n) is 7.07. The van der Waals surface area contributed by atoms with Crippen molar-refractivity contribution in [2.45, 2.75) is 38.2 Å². The van der Waals surface area contributed by atoms with Gasteiger partial charge in [-0.05, 0) is 31.5 Å². The zero-order valence-electron chi connectivity index (χ0n) is 12.2. The average Bonchev–Trinajstić information content (AvgIpc) is 2.45. The molecule has 6 heteroatoms. The van der Waals surface area contributed by atoms with E-state index in [-0.39, 0.29) is 11.0 Å². The van der Waals surface area contributed by atoms with Gasteiger partial charge >= 0.3 is 0 Å². The van der Waals surface area contributed by atoms with Crippen LogP contribution in [0.1, 0.15) is 27.2 Å². The standard InChI is InChI=1S/C14H22N2O3S/c1-4-11-10-16(6-3)13-9-12(7-8-14(13)19-11)20(17,18)15-5-2/h7-9,11,15H,4-6,10H2,1-3H3. The number of sulfonamides is 1. The lowest BCUT2D eigenvalue weighted by molar-refractivity contribution is 0.189. The maximum Gasteiger partial charge on any atom is 0.240 e. The lowest BCUT2D eigenvalue weighted by Gasteiger charge is -2.35. The predicted octanol–water partition coefficient (Wildman–Crippen LogP) is 1.98. The van der Waals surface area contributed by atoms with Crippen LogP contribution in [0.15, 0.2) is 23.1 Å². The average molecular weight is 298 g/mol. The largest absolute Gasteiger partial charge is 0.486 e. The molecule has 0 saturated carbocycles. The van der Waals surface area contributed by atoms with Crippen LogP contribution in [0.3, 0.4) is 0 Å². The quantitative estimate of drug-likeness (QED) is 0.903. The molecule has 0 bridgehead atoms. The molecule has 0 radical (unpaired) electrons. The third-order valence-electron chi connectivity index (χ3n) is 3.47. The van der Waals surface area contributed by atoms with Crippen molar-refractivity contribution in [1.29, 1.82) is 0 Å². The van der Waals surface area contributed by atoms with Gasteiger partial charge in [-0.3, -0.25) is 0 Å². The van der Waals surface area contributed by atoms with Gasteiger partial charge in [0.25, 0.3) is 0 Å². The molecule has 1 heterocycles. The molecular formula is C14H22N2O3S. The van der Waals surface area contributed by atoms with Crippen molar-refractivity contribution in [3.63, 3.8) is 0 Å². The van der Waals surface area contributed by atoms with Crippen LogP contribution in [0.5, 0.6) is 5.75 Å². The summed E-state index contributed by atoms with van der Waals surface area (Å²) in [4.78, 5) is 2.45. The normalized spacial score (nSPS) is 18.6. The number of fused-ring (bicyclic) bond motifs is 1. The molecule has 1 aromatic carbocycles. The topological polar surface area (TPSA) is 58.6 Å². The highest BCUT2D eigenvalue weighted by molar-refractivity contribution is 7.89. The first kappa shape index (κ1) is 15.1. The lowest BCUT2D eigenvalue weighted by Crippen LogP contribution is -2.39. The zero-order valence-corrected chi connectivity index (χ0v) is 13.0. The second-order valence-electron chi connectivity index (χ2n) is 4.82. The van der Waals surface area contributed by atoms with Gasteiger partial charge in [0.15, 0.2) is 0 Å². The van der Waals surface area contributed by atoms with Crippen molar-refractivity contribution in [3.05, 3.63) is 18.2 Å². The summed E-state index contributed by atoms with van der Waals surface area (Å²) in [6, 6.07) is 5.05. The fraction of sp³-hybridized carbons (Fsp3) is 0.571. The van der Waals surface area contributed by atoms with Crippen LogP contribution in [0.25, 0.3) is 0 Å². The Morgan fingerprint density at radius 3 is 2.70 bits per heavy atom. The van der Waals surface area contributed by atoms with E-state index in [4.69, 9.17) is 4.74 Å². The first-order chi connectivity index (χ1) is 9.51. The number of benzene rings is 1. The van der Waals surface area contributed by atoms with Gasteiger partial charge in [0, 0.05) is 13.1 Å². The van der Waals surface area contributed by atoms with E-state index in [0.717, 1.165) is 30.9 Å². The molecule has 1 N–H and O–H groups in total. The van der Waals surface area contributed by atoms with Crippen LogP contribution in [0.4, 0.5) is 5.69 Å². The Morgan fingerprint density at radius 2 is 2.10 bits per heavy atom. The fourth-order valence-corrected chi connectivity index (χ4v) is 3.42. The molecular weight excluding hydrogens is 276 g/mol. The van der Waals surface area contributed by atoms with Gasteiger partial charge in [-0.15, -0.1) is 0 Å². The van der Waals surface area contributed by atoms with E-state index in [1.807, 2.05) is 0 Å². The van der Waals surface area contributed by atoms with E-state index >= 15 is 0 Å². The molecule has 0 saturated heterocycles. The van der Waals surface area contributed by atoms with Crippen molar-refractivity contribution in [2.75, 3.05) is 24.5 Å². The smallest absolute Gasteiger partial charge is 0.240 e. The molecule has 0 fully saturated rings. The number of hydrogen-bond acceptors (Lipinski definition) is 4. The minimum Gasteiger partial charge on any atom is -0.486 e. The molecule has 20 heavy (non-hydrogen) atoms. The minimum atomic E-state index is -3.43. The zero-order chi connectivity index (χ0) is 14.8. The number of ether oxygens (including phenoxy) is 1. The van der Waals surface area contributed by atoms with Gasteiger partial charge < -0.3 is 9.64 Å². The Hall–Kier alpha value is -1.27. The molecule has 0 spiro atoms. The fourth-order valence-electron chi connectivity index (χ4n) is 2.36. The number of hydrogen-bond donors (Lipinski definition) is 1. The molecule has 5 nitrogen and oxygen atoms in total. The number of nitrogens with zero attached hydrogens (tertiary/aromatic N) is 1. The molecule has 0 aromatic heterocycles. The van der Waals surface area contributed by atoms with Crippen LogP contribution >= 0.6 is 0 Å². The van der Waals surface area contributed by atoms with Gasteiger partial charge in [-0.25, -0.2) is 13.1 Å². The first-order valence-corrected chi connectivity index (χ1v) is 8.55. The third kappa shape index (κ3) is 2.91. The highest BCUT2D eigenvalue weighted by Crippen LogP contribution is 2.35. The summed E-state index contributed by atoms with van der Waals surface area (Å²) in [5.41, 5.74) is 0.858. The van der Waals surface area contributed by atoms with Gasteiger partial charge in [-0.1, -0.05) is 13.8 Å². The highest BCUT2D eigenvalue weighted by Gasteiger charge is 2.25. The van der Waals surface area contributed by atoms with E-state index in [1.165, 1.54) is 0 Å². The maximum absolute atomic E-state index is 12.1. The maximum atomic E-state index is 12.1. The SMILES string of the molecule is CCNS(=O)(=O)c1ccc2c(c1)N(CC)CC(CC)O2. The molecule has 2 rings (SSSR count). The van der Waals surface area contributed by atoms with Crippen molar-refractivity contribution < 1.29 is 13.2 Å². The number of likely N-dealkylation sites (N-methyl/N-ethyl adjacent to an activating group) is 1. The van der Waals surface area contributed by atoms with E-state index in [2.05, 4.69) is 23.5 Å². The molecule has 1 unspecified atom stereocenters. The van der Waals surface area contributed by atoms with E-state index in [1.54, 1.807) is 25.1 Å². The van der Waals surface area contributed by atoms with Gasteiger partial charge in [0.1, 0.15) is 11.9 Å². The Morgan fingerprint density at radius 1 is 1.35 bits per heavy atom. The Bertz CT molecular complexity index is 572. The molecule has 0 amide bonds. The van der Waals surface area contributed by atoms with Crippen molar-refractivity contribution in [3.8, 4) is 5.75 Å².